The molecule has 0 radical (unpaired) electrons. The topological polar surface area (TPSA) is 50.7 Å². The molecule has 0 aliphatic heterocycles. The fraction of sp³-hybridized carbons (Fsp3) is 1.00. The van der Waals surface area contributed by atoms with E-state index in [0.29, 0.717) is 26.4 Å². The van der Waals surface area contributed by atoms with Crippen molar-refractivity contribution < 1.29 is 14.6 Å². The summed E-state index contributed by atoms with van der Waals surface area (Å²) in [6.07, 6.45) is 7.70. The predicted octanol–water partition coefficient (Wildman–Crippen LogP) is 2.30. The Morgan fingerprint density at radius 1 is 1.05 bits per heavy atom. The number of hydrogen-bond donors (Lipinski definition) is 2. The fourth-order valence-electron chi connectivity index (χ4n) is 1.69. The third kappa shape index (κ3) is 16.2. The number of aliphatic hydroxyl groups is 1. The standard InChI is InChI=1S/C15H33NO3S/c1-3-4-9-18-10-11-19-14-15(17)13-16-8-6-5-7-12-20-2/h15-17H,3-14H2,1-2H3. The minimum Gasteiger partial charge on any atom is -0.389 e. The van der Waals surface area contributed by atoms with Gasteiger partial charge in [-0.25, -0.2) is 0 Å². The van der Waals surface area contributed by atoms with E-state index < -0.39 is 6.10 Å². The maximum absolute atomic E-state index is 9.70. The first-order valence-corrected chi connectivity index (χ1v) is 9.23. The average Bonchev–Trinajstić information content (AvgIpc) is 2.45. The largest absolute Gasteiger partial charge is 0.389 e. The van der Waals surface area contributed by atoms with Crippen molar-refractivity contribution in [2.45, 2.75) is 45.1 Å². The highest BCUT2D eigenvalue weighted by molar-refractivity contribution is 7.98. The Morgan fingerprint density at radius 2 is 1.85 bits per heavy atom. The van der Waals surface area contributed by atoms with Crippen LogP contribution in [0.5, 0.6) is 0 Å². The van der Waals surface area contributed by atoms with Gasteiger partial charge in [0.2, 0.25) is 0 Å². The SMILES string of the molecule is CCCCOCCOCC(O)CNCCCCCSC. The van der Waals surface area contributed by atoms with E-state index in [1.807, 2.05) is 11.8 Å². The maximum Gasteiger partial charge on any atom is 0.0897 e. The molecule has 20 heavy (non-hydrogen) atoms. The van der Waals surface area contributed by atoms with E-state index in [1.165, 1.54) is 25.0 Å². The van der Waals surface area contributed by atoms with E-state index in [2.05, 4.69) is 18.5 Å². The summed E-state index contributed by atoms with van der Waals surface area (Å²) in [4.78, 5) is 0. The van der Waals surface area contributed by atoms with Crippen molar-refractivity contribution in [3.05, 3.63) is 0 Å². The van der Waals surface area contributed by atoms with Gasteiger partial charge in [0.15, 0.2) is 0 Å². The van der Waals surface area contributed by atoms with Gasteiger partial charge >= 0.3 is 0 Å². The highest BCUT2D eigenvalue weighted by Crippen LogP contribution is 2.01. The molecule has 0 aromatic heterocycles. The van der Waals surface area contributed by atoms with Crippen LogP contribution >= 0.6 is 11.8 Å². The van der Waals surface area contributed by atoms with E-state index in [1.54, 1.807) is 0 Å². The van der Waals surface area contributed by atoms with Crippen LogP contribution in [0, 0.1) is 0 Å². The minimum absolute atomic E-state index is 0.386. The number of thioether (sulfide) groups is 1. The summed E-state index contributed by atoms with van der Waals surface area (Å²) in [6.45, 7) is 6.11. The van der Waals surface area contributed by atoms with Crippen molar-refractivity contribution in [3.8, 4) is 0 Å². The summed E-state index contributed by atoms with van der Waals surface area (Å²) in [5, 5.41) is 13.0. The van der Waals surface area contributed by atoms with Gasteiger partial charge in [-0.3, -0.25) is 0 Å². The van der Waals surface area contributed by atoms with Crippen molar-refractivity contribution in [1.29, 1.82) is 0 Å². The van der Waals surface area contributed by atoms with Crippen LogP contribution < -0.4 is 5.32 Å². The molecule has 2 N–H and O–H groups in total. The van der Waals surface area contributed by atoms with Crippen molar-refractivity contribution in [1.82, 2.24) is 5.32 Å². The molecule has 0 saturated heterocycles. The van der Waals surface area contributed by atoms with Crippen molar-refractivity contribution >= 4 is 11.8 Å². The molecule has 0 aliphatic carbocycles. The van der Waals surface area contributed by atoms with Gasteiger partial charge < -0.3 is 19.9 Å². The van der Waals surface area contributed by atoms with Gasteiger partial charge in [-0.15, -0.1) is 0 Å². The number of aliphatic hydroxyl groups excluding tert-OH is 1. The highest BCUT2D eigenvalue weighted by Gasteiger charge is 2.03. The third-order valence-corrected chi connectivity index (χ3v) is 3.60. The van der Waals surface area contributed by atoms with Crippen molar-refractivity contribution in [2.75, 3.05) is 51.5 Å². The van der Waals surface area contributed by atoms with Gasteiger partial charge in [-0.2, -0.15) is 11.8 Å². The van der Waals surface area contributed by atoms with Crippen molar-refractivity contribution in [3.63, 3.8) is 0 Å². The monoisotopic (exact) mass is 307 g/mol. The first kappa shape index (κ1) is 20.2. The zero-order chi connectivity index (χ0) is 14.9. The molecule has 0 amide bonds. The molecule has 122 valence electrons. The van der Waals surface area contributed by atoms with E-state index in [0.717, 1.165) is 26.0 Å². The lowest BCUT2D eigenvalue weighted by Gasteiger charge is -2.12. The molecule has 4 nitrogen and oxygen atoms in total. The van der Waals surface area contributed by atoms with Crippen LogP contribution in [0.25, 0.3) is 0 Å². The van der Waals surface area contributed by atoms with Crippen LogP contribution in [0.15, 0.2) is 0 Å². The summed E-state index contributed by atoms with van der Waals surface area (Å²) in [5.41, 5.74) is 0. The summed E-state index contributed by atoms with van der Waals surface area (Å²) < 4.78 is 10.7. The second-order valence-corrected chi connectivity index (χ2v) is 5.94. The molecule has 1 atom stereocenters. The second-order valence-electron chi connectivity index (χ2n) is 4.95. The summed E-state index contributed by atoms with van der Waals surface area (Å²) in [7, 11) is 0. The van der Waals surface area contributed by atoms with Crippen LogP contribution in [0.3, 0.4) is 0 Å². The van der Waals surface area contributed by atoms with Crippen LogP contribution in [-0.2, 0) is 9.47 Å². The fourth-order valence-corrected chi connectivity index (χ4v) is 2.18. The van der Waals surface area contributed by atoms with Gasteiger partial charge in [-0.05, 0) is 37.8 Å². The van der Waals surface area contributed by atoms with Crippen LogP contribution in [0.2, 0.25) is 0 Å². The van der Waals surface area contributed by atoms with Crippen molar-refractivity contribution in [2.24, 2.45) is 0 Å². The molecular weight excluding hydrogens is 274 g/mol. The number of nitrogens with one attached hydrogen (secondary N) is 1. The quantitative estimate of drug-likeness (QED) is 0.429. The molecule has 0 saturated carbocycles. The Labute approximate surface area is 129 Å². The molecular formula is C15H33NO3S. The second kappa shape index (κ2) is 17.2. The van der Waals surface area contributed by atoms with E-state index in [4.69, 9.17) is 9.47 Å². The highest BCUT2D eigenvalue weighted by atomic mass is 32.2. The third-order valence-electron chi connectivity index (χ3n) is 2.91. The van der Waals surface area contributed by atoms with Gasteiger partial charge in [0, 0.05) is 13.2 Å². The molecule has 1 unspecified atom stereocenters. The Bertz CT molecular complexity index is 167. The van der Waals surface area contributed by atoms with Gasteiger partial charge in [0.05, 0.1) is 25.9 Å². The predicted molar refractivity (Wildman–Crippen MR) is 87.7 cm³/mol. The summed E-state index contributed by atoms with van der Waals surface area (Å²) >= 11 is 1.90. The molecule has 0 spiro atoms. The summed E-state index contributed by atoms with van der Waals surface area (Å²) in [6, 6.07) is 0. The molecule has 5 heteroatoms. The molecule has 0 fully saturated rings. The van der Waals surface area contributed by atoms with Gasteiger partial charge in [-0.1, -0.05) is 19.8 Å². The molecule has 0 heterocycles. The summed E-state index contributed by atoms with van der Waals surface area (Å²) in [5.74, 6) is 1.25. The molecule has 0 aromatic carbocycles. The molecule has 0 rings (SSSR count). The molecule has 0 bridgehead atoms. The van der Waals surface area contributed by atoms with E-state index in [9.17, 15) is 5.11 Å². The lowest BCUT2D eigenvalue weighted by molar-refractivity contribution is 0.00397. The zero-order valence-corrected chi connectivity index (χ0v) is 14.1. The normalized spacial score (nSPS) is 12.8. The van der Waals surface area contributed by atoms with E-state index >= 15 is 0 Å². The van der Waals surface area contributed by atoms with E-state index in [-0.39, 0.29) is 0 Å². The average molecular weight is 308 g/mol. The Kier molecular flexibility index (Phi) is 17.4. The minimum atomic E-state index is -0.420. The Hall–Kier alpha value is 0.190. The molecule has 0 aromatic rings. The molecule has 0 aliphatic rings. The van der Waals surface area contributed by atoms with Gasteiger partial charge in [0.25, 0.3) is 0 Å². The van der Waals surface area contributed by atoms with Gasteiger partial charge in [0.1, 0.15) is 0 Å². The number of hydrogen-bond acceptors (Lipinski definition) is 5. The van der Waals surface area contributed by atoms with Crippen LogP contribution in [0.1, 0.15) is 39.0 Å². The van der Waals surface area contributed by atoms with Crippen LogP contribution in [-0.4, -0.2) is 62.7 Å². The number of unbranched alkanes of at least 4 members (excludes halogenated alkanes) is 3. The lowest BCUT2D eigenvalue weighted by atomic mass is 10.2. The lowest BCUT2D eigenvalue weighted by Crippen LogP contribution is -2.31. The van der Waals surface area contributed by atoms with Crippen LogP contribution in [0.4, 0.5) is 0 Å². The Balaban J connectivity index is 3.11. The number of rotatable bonds is 16. The maximum atomic E-state index is 9.70. The zero-order valence-electron chi connectivity index (χ0n) is 13.2. The number of ether oxygens (including phenoxy) is 2. The first-order chi connectivity index (χ1) is 9.81. The first-order valence-electron chi connectivity index (χ1n) is 7.84. The smallest absolute Gasteiger partial charge is 0.0897 e. The Morgan fingerprint density at radius 3 is 2.60 bits per heavy atom.